The second-order valence-corrected chi connectivity index (χ2v) is 8.71. The van der Waals surface area contributed by atoms with Crippen LogP contribution in [0.3, 0.4) is 0 Å². The lowest BCUT2D eigenvalue weighted by Crippen LogP contribution is -2.37. The van der Waals surface area contributed by atoms with Crippen molar-refractivity contribution in [1.29, 1.82) is 0 Å². The number of aromatic nitrogens is 1. The fraction of sp³-hybridized carbons (Fsp3) is 0.360. The monoisotopic (exact) mass is 438 g/mol. The molecule has 6 heteroatoms. The van der Waals surface area contributed by atoms with E-state index in [2.05, 4.69) is 33.8 Å². The van der Waals surface area contributed by atoms with Gasteiger partial charge in [0.2, 0.25) is 0 Å². The average molecular weight is 439 g/mol. The van der Waals surface area contributed by atoms with Gasteiger partial charge in [0.1, 0.15) is 23.1 Å². The highest BCUT2D eigenvalue weighted by molar-refractivity contribution is 7.09. The van der Waals surface area contributed by atoms with Gasteiger partial charge in [-0.1, -0.05) is 13.0 Å². The van der Waals surface area contributed by atoms with Crippen molar-refractivity contribution in [3.8, 4) is 11.5 Å². The first kappa shape index (κ1) is 22.8. The van der Waals surface area contributed by atoms with Gasteiger partial charge in [0.25, 0.3) is 5.91 Å². The largest absolute Gasteiger partial charge is 0.497 e. The Morgan fingerprint density at radius 3 is 2.39 bits per heavy atom. The van der Waals surface area contributed by atoms with Gasteiger partial charge >= 0.3 is 0 Å². The predicted octanol–water partition coefficient (Wildman–Crippen LogP) is 5.79. The molecular weight excluding hydrogens is 408 g/mol. The molecule has 0 aliphatic heterocycles. The zero-order valence-corrected chi connectivity index (χ0v) is 19.7. The fourth-order valence-corrected chi connectivity index (χ4v) is 4.07. The summed E-state index contributed by atoms with van der Waals surface area (Å²) in [7, 11) is 1.62. The fourth-order valence-electron chi connectivity index (χ4n) is 3.37. The van der Waals surface area contributed by atoms with Gasteiger partial charge in [0.15, 0.2) is 0 Å². The van der Waals surface area contributed by atoms with E-state index >= 15 is 0 Å². The number of carbonyl (C=O) groups is 1. The van der Waals surface area contributed by atoms with Gasteiger partial charge in [-0.05, 0) is 74.7 Å². The lowest BCUT2D eigenvalue weighted by atomic mass is 10.1. The number of hydrogen-bond acceptors (Lipinski definition) is 5. The smallest absolute Gasteiger partial charge is 0.254 e. The van der Waals surface area contributed by atoms with Crippen LogP contribution in [0.1, 0.15) is 52.5 Å². The Kier molecular flexibility index (Phi) is 7.69. The number of carbonyl (C=O) groups excluding carboxylic acids is 1. The summed E-state index contributed by atoms with van der Waals surface area (Å²) in [4.78, 5) is 19.8. The molecule has 31 heavy (non-hydrogen) atoms. The number of rotatable bonds is 9. The Bertz CT molecular complexity index is 994. The van der Waals surface area contributed by atoms with Crippen LogP contribution in [0.2, 0.25) is 0 Å². The molecule has 0 saturated carbocycles. The van der Waals surface area contributed by atoms with E-state index in [0.29, 0.717) is 18.7 Å². The molecule has 0 saturated heterocycles. The molecule has 0 radical (unpaired) electrons. The summed E-state index contributed by atoms with van der Waals surface area (Å²) >= 11 is 1.56. The van der Waals surface area contributed by atoms with Crippen molar-refractivity contribution in [3.63, 3.8) is 0 Å². The SMILES string of the molecule is CC[C@@H](C)N(Cc1csc(COc2cc(C)cc(C)c2)n1)C(=O)c1ccc(OC)cc1. The summed E-state index contributed by atoms with van der Waals surface area (Å²) in [6.07, 6.45) is 0.870. The van der Waals surface area contributed by atoms with E-state index in [-0.39, 0.29) is 11.9 Å². The minimum atomic E-state index is -0.00182. The molecule has 164 valence electrons. The predicted molar refractivity (Wildman–Crippen MR) is 125 cm³/mol. The maximum atomic E-state index is 13.2. The molecule has 1 aromatic heterocycles. The molecule has 3 aromatic rings. The van der Waals surface area contributed by atoms with E-state index in [1.54, 1.807) is 30.6 Å². The second-order valence-electron chi connectivity index (χ2n) is 7.76. The van der Waals surface area contributed by atoms with Gasteiger partial charge in [-0.25, -0.2) is 4.98 Å². The summed E-state index contributed by atoms with van der Waals surface area (Å²) in [6.45, 7) is 9.17. The van der Waals surface area contributed by atoms with Crippen molar-refractivity contribution < 1.29 is 14.3 Å². The molecule has 0 spiro atoms. The Hall–Kier alpha value is -2.86. The van der Waals surface area contributed by atoms with E-state index in [4.69, 9.17) is 14.5 Å². The number of ether oxygens (including phenoxy) is 2. The van der Waals surface area contributed by atoms with Crippen molar-refractivity contribution in [1.82, 2.24) is 9.88 Å². The standard InChI is InChI=1S/C25H30N2O3S/c1-6-19(4)27(25(28)20-7-9-22(29-5)10-8-20)14-21-16-31-24(26-21)15-30-23-12-17(2)11-18(3)13-23/h7-13,16,19H,6,14-15H2,1-5H3/t19-/m1/s1. The molecular formula is C25H30N2O3S. The molecule has 1 heterocycles. The molecule has 3 rings (SSSR count). The zero-order chi connectivity index (χ0) is 22.4. The van der Waals surface area contributed by atoms with Crippen LogP contribution in [0.4, 0.5) is 0 Å². The van der Waals surface area contributed by atoms with Crippen molar-refractivity contribution in [2.24, 2.45) is 0 Å². The van der Waals surface area contributed by atoms with Gasteiger partial charge in [-0.15, -0.1) is 11.3 Å². The normalized spacial score (nSPS) is 11.8. The Balaban J connectivity index is 1.69. The number of nitrogens with zero attached hydrogens (tertiary/aromatic N) is 2. The van der Waals surface area contributed by atoms with Crippen LogP contribution >= 0.6 is 11.3 Å². The van der Waals surface area contributed by atoms with Crippen molar-refractivity contribution in [2.75, 3.05) is 7.11 Å². The maximum absolute atomic E-state index is 13.2. The van der Waals surface area contributed by atoms with Crippen LogP contribution in [0.25, 0.3) is 0 Å². The lowest BCUT2D eigenvalue weighted by molar-refractivity contribution is 0.0669. The van der Waals surface area contributed by atoms with E-state index < -0.39 is 0 Å². The summed E-state index contributed by atoms with van der Waals surface area (Å²) in [5.41, 5.74) is 3.88. The molecule has 0 unspecified atom stereocenters. The third-order valence-electron chi connectivity index (χ3n) is 5.21. The second kappa shape index (κ2) is 10.4. The zero-order valence-electron chi connectivity index (χ0n) is 18.8. The Labute approximate surface area is 188 Å². The number of methoxy groups -OCH3 is 1. The van der Waals surface area contributed by atoms with Crippen LogP contribution in [0.15, 0.2) is 47.8 Å². The number of hydrogen-bond donors (Lipinski definition) is 0. The van der Waals surface area contributed by atoms with Crippen LogP contribution in [0, 0.1) is 13.8 Å². The summed E-state index contributed by atoms with van der Waals surface area (Å²) in [5, 5.41) is 2.91. The molecule has 5 nitrogen and oxygen atoms in total. The number of amides is 1. The highest BCUT2D eigenvalue weighted by atomic mass is 32.1. The van der Waals surface area contributed by atoms with E-state index in [1.807, 2.05) is 34.5 Å². The van der Waals surface area contributed by atoms with Crippen LogP contribution < -0.4 is 9.47 Å². The van der Waals surface area contributed by atoms with Crippen LogP contribution in [0.5, 0.6) is 11.5 Å². The Morgan fingerprint density at radius 2 is 1.77 bits per heavy atom. The highest BCUT2D eigenvalue weighted by Gasteiger charge is 2.22. The quantitative estimate of drug-likeness (QED) is 0.424. The molecule has 0 bridgehead atoms. The molecule has 0 N–H and O–H groups in total. The van der Waals surface area contributed by atoms with Crippen molar-refractivity contribution in [2.45, 2.75) is 53.3 Å². The summed E-state index contributed by atoms with van der Waals surface area (Å²) in [6, 6.07) is 13.5. The number of thiazole rings is 1. The van der Waals surface area contributed by atoms with Crippen molar-refractivity contribution in [3.05, 3.63) is 75.2 Å². The molecule has 1 amide bonds. The average Bonchev–Trinajstić information content (AvgIpc) is 3.22. The van der Waals surface area contributed by atoms with Crippen LogP contribution in [-0.4, -0.2) is 28.9 Å². The van der Waals surface area contributed by atoms with Gasteiger partial charge in [-0.2, -0.15) is 0 Å². The van der Waals surface area contributed by atoms with E-state index in [0.717, 1.165) is 28.6 Å². The summed E-state index contributed by atoms with van der Waals surface area (Å²) in [5.74, 6) is 1.59. The lowest BCUT2D eigenvalue weighted by Gasteiger charge is -2.28. The first-order valence-electron chi connectivity index (χ1n) is 10.5. The highest BCUT2D eigenvalue weighted by Crippen LogP contribution is 2.21. The van der Waals surface area contributed by atoms with Crippen molar-refractivity contribution >= 4 is 17.2 Å². The van der Waals surface area contributed by atoms with Gasteiger partial charge < -0.3 is 14.4 Å². The van der Waals surface area contributed by atoms with Crippen LogP contribution in [-0.2, 0) is 13.2 Å². The van der Waals surface area contributed by atoms with Gasteiger partial charge in [0.05, 0.1) is 19.3 Å². The molecule has 1 atom stereocenters. The minimum absolute atomic E-state index is 0.00182. The number of benzene rings is 2. The summed E-state index contributed by atoms with van der Waals surface area (Å²) < 4.78 is 11.1. The molecule has 0 aliphatic rings. The van der Waals surface area contributed by atoms with E-state index in [9.17, 15) is 4.79 Å². The third-order valence-corrected chi connectivity index (χ3v) is 6.08. The maximum Gasteiger partial charge on any atom is 0.254 e. The van der Waals surface area contributed by atoms with E-state index in [1.165, 1.54) is 11.1 Å². The first-order chi connectivity index (χ1) is 14.9. The van der Waals surface area contributed by atoms with Gasteiger partial charge in [-0.3, -0.25) is 4.79 Å². The van der Waals surface area contributed by atoms with Gasteiger partial charge in [0, 0.05) is 17.0 Å². The molecule has 2 aromatic carbocycles. The first-order valence-corrected chi connectivity index (χ1v) is 11.4. The molecule has 0 fully saturated rings. The Morgan fingerprint density at radius 1 is 1.10 bits per heavy atom. The number of aryl methyl sites for hydroxylation is 2. The topological polar surface area (TPSA) is 51.7 Å². The third kappa shape index (κ3) is 6.07. The molecule has 0 aliphatic carbocycles. The minimum Gasteiger partial charge on any atom is -0.497 e.